The molecule has 0 saturated carbocycles. The maximum atomic E-state index is 12.4. The largest absolute Gasteiger partial charge is 0.493 e. The fraction of sp³-hybridized carbons (Fsp3) is 0.278. The number of ketones is 1. The van der Waals surface area contributed by atoms with E-state index in [1.807, 2.05) is 49.4 Å². The molecule has 0 bridgehead atoms. The van der Waals surface area contributed by atoms with Crippen LogP contribution in [0.2, 0.25) is 0 Å². The summed E-state index contributed by atoms with van der Waals surface area (Å²) in [5.41, 5.74) is 3.15. The molecule has 0 N–H and O–H groups in total. The lowest BCUT2D eigenvalue weighted by Gasteiger charge is -2.25. The Bertz CT molecular complexity index is 614. The molecule has 20 heavy (non-hydrogen) atoms. The Morgan fingerprint density at radius 2 is 1.90 bits per heavy atom. The average Bonchev–Trinajstić information content (AvgIpc) is 2.48. The van der Waals surface area contributed by atoms with E-state index in [4.69, 9.17) is 4.74 Å². The Balaban J connectivity index is 1.79. The van der Waals surface area contributed by atoms with E-state index >= 15 is 0 Å². The first-order chi connectivity index (χ1) is 9.74. The Morgan fingerprint density at radius 3 is 2.70 bits per heavy atom. The van der Waals surface area contributed by atoms with Gasteiger partial charge in [0.1, 0.15) is 5.75 Å². The third kappa shape index (κ3) is 2.60. The second-order valence-corrected chi connectivity index (χ2v) is 5.37. The van der Waals surface area contributed by atoms with Gasteiger partial charge in [-0.05, 0) is 30.9 Å². The molecule has 0 fully saturated rings. The van der Waals surface area contributed by atoms with Crippen LogP contribution >= 0.6 is 0 Å². The highest BCUT2D eigenvalue weighted by Gasteiger charge is 2.23. The Morgan fingerprint density at radius 1 is 1.15 bits per heavy atom. The Kier molecular flexibility index (Phi) is 3.55. The molecule has 2 heteroatoms. The summed E-state index contributed by atoms with van der Waals surface area (Å²) < 4.78 is 5.65. The van der Waals surface area contributed by atoms with E-state index < -0.39 is 0 Å². The lowest BCUT2D eigenvalue weighted by atomic mass is 9.87. The van der Waals surface area contributed by atoms with Gasteiger partial charge in [0.05, 0.1) is 6.61 Å². The van der Waals surface area contributed by atoms with Crippen LogP contribution in [-0.2, 0) is 0 Å². The minimum atomic E-state index is 0.215. The molecular weight excluding hydrogens is 248 g/mol. The standard InChI is InChI=1S/C18H18O2/c1-13-6-8-14(9-7-13)17(19)12-15-10-11-20-18-5-3-2-4-16(15)18/h2-9,15H,10-12H2,1H3. The highest BCUT2D eigenvalue weighted by Crippen LogP contribution is 2.36. The molecule has 1 heterocycles. The minimum absolute atomic E-state index is 0.215. The molecule has 1 aliphatic heterocycles. The first-order valence-corrected chi connectivity index (χ1v) is 7.05. The molecule has 2 aromatic carbocycles. The number of carbonyl (C=O) groups is 1. The van der Waals surface area contributed by atoms with Crippen molar-refractivity contribution in [3.05, 3.63) is 65.2 Å². The van der Waals surface area contributed by atoms with Crippen LogP contribution in [0.5, 0.6) is 5.75 Å². The molecule has 0 radical (unpaired) electrons. The first kappa shape index (κ1) is 12.9. The van der Waals surface area contributed by atoms with Gasteiger partial charge in [0.25, 0.3) is 0 Å². The molecule has 0 spiro atoms. The summed E-state index contributed by atoms with van der Waals surface area (Å²) in [6.45, 7) is 2.73. The van der Waals surface area contributed by atoms with Gasteiger partial charge in [0, 0.05) is 12.0 Å². The van der Waals surface area contributed by atoms with Gasteiger partial charge in [-0.25, -0.2) is 0 Å². The molecule has 1 aliphatic rings. The van der Waals surface area contributed by atoms with E-state index in [-0.39, 0.29) is 11.7 Å². The molecule has 0 amide bonds. The third-order valence-electron chi connectivity index (χ3n) is 3.89. The average molecular weight is 266 g/mol. The van der Waals surface area contributed by atoms with Crippen molar-refractivity contribution in [2.45, 2.75) is 25.7 Å². The van der Waals surface area contributed by atoms with Crippen LogP contribution in [0.25, 0.3) is 0 Å². The van der Waals surface area contributed by atoms with Crippen LogP contribution in [0.3, 0.4) is 0 Å². The maximum Gasteiger partial charge on any atom is 0.163 e. The zero-order valence-electron chi connectivity index (χ0n) is 11.6. The topological polar surface area (TPSA) is 26.3 Å². The van der Waals surface area contributed by atoms with Crippen LogP contribution in [0.15, 0.2) is 48.5 Å². The van der Waals surface area contributed by atoms with Gasteiger partial charge in [0.15, 0.2) is 5.78 Å². The fourth-order valence-electron chi connectivity index (χ4n) is 2.71. The van der Waals surface area contributed by atoms with Crippen molar-refractivity contribution in [3.8, 4) is 5.75 Å². The van der Waals surface area contributed by atoms with E-state index in [1.54, 1.807) is 0 Å². The van der Waals surface area contributed by atoms with Crippen molar-refractivity contribution >= 4 is 5.78 Å². The van der Waals surface area contributed by atoms with Crippen LogP contribution in [0, 0.1) is 6.92 Å². The summed E-state index contributed by atoms with van der Waals surface area (Å²) in [6.07, 6.45) is 1.47. The molecule has 0 aromatic heterocycles. The van der Waals surface area contributed by atoms with Crippen LogP contribution in [0.1, 0.15) is 40.2 Å². The zero-order chi connectivity index (χ0) is 13.9. The smallest absolute Gasteiger partial charge is 0.163 e. The van der Waals surface area contributed by atoms with Crippen molar-refractivity contribution < 1.29 is 9.53 Å². The normalized spacial score (nSPS) is 17.1. The highest BCUT2D eigenvalue weighted by atomic mass is 16.5. The van der Waals surface area contributed by atoms with Crippen molar-refractivity contribution in [2.75, 3.05) is 6.61 Å². The second-order valence-electron chi connectivity index (χ2n) is 5.37. The molecule has 2 aromatic rings. The quantitative estimate of drug-likeness (QED) is 0.781. The monoisotopic (exact) mass is 266 g/mol. The van der Waals surface area contributed by atoms with Crippen molar-refractivity contribution in [1.82, 2.24) is 0 Å². The predicted molar refractivity (Wildman–Crippen MR) is 79.4 cm³/mol. The fourth-order valence-corrected chi connectivity index (χ4v) is 2.71. The van der Waals surface area contributed by atoms with Crippen LogP contribution in [-0.4, -0.2) is 12.4 Å². The number of aryl methyl sites for hydroxylation is 1. The number of Topliss-reactive ketones (excluding diaryl/α,β-unsaturated/α-hetero) is 1. The summed E-state index contributed by atoms with van der Waals surface area (Å²) in [4.78, 5) is 12.4. The molecule has 1 atom stereocenters. The van der Waals surface area contributed by atoms with E-state index in [0.29, 0.717) is 13.0 Å². The number of rotatable bonds is 3. The first-order valence-electron chi connectivity index (χ1n) is 7.05. The number of fused-ring (bicyclic) bond motifs is 1. The van der Waals surface area contributed by atoms with Crippen LogP contribution in [0.4, 0.5) is 0 Å². The number of carbonyl (C=O) groups excluding carboxylic acids is 1. The Labute approximate surface area is 119 Å². The summed E-state index contributed by atoms with van der Waals surface area (Å²) >= 11 is 0. The van der Waals surface area contributed by atoms with Crippen LogP contribution < -0.4 is 4.74 Å². The van der Waals surface area contributed by atoms with Gasteiger partial charge < -0.3 is 4.74 Å². The SMILES string of the molecule is Cc1ccc(C(=O)CC2CCOc3ccccc32)cc1. The molecule has 2 nitrogen and oxygen atoms in total. The number of ether oxygens (including phenoxy) is 1. The molecule has 1 unspecified atom stereocenters. The lowest BCUT2D eigenvalue weighted by molar-refractivity contribution is 0.0966. The zero-order valence-corrected chi connectivity index (χ0v) is 11.6. The van der Waals surface area contributed by atoms with Crippen molar-refractivity contribution in [2.24, 2.45) is 0 Å². The summed E-state index contributed by atoms with van der Waals surface area (Å²) in [5.74, 6) is 1.42. The van der Waals surface area contributed by atoms with Crippen molar-refractivity contribution in [3.63, 3.8) is 0 Å². The van der Waals surface area contributed by atoms with E-state index in [9.17, 15) is 4.79 Å². The van der Waals surface area contributed by atoms with Crippen molar-refractivity contribution in [1.29, 1.82) is 0 Å². The number of hydrogen-bond donors (Lipinski definition) is 0. The summed E-state index contributed by atoms with van der Waals surface area (Å²) in [7, 11) is 0. The minimum Gasteiger partial charge on any atom is -0.493 e. The number of benzene rings is 2. The molecule has 0 aliphatic carbocycles. The maximum absolute atomic E-state index is 12.4. The van der Waals surface area contributed by atoms with E-state index in [1.165, 1.54) is 11.1 Å². The van der Waals surface area contributed by atoms with Gasteiger partial charge in [0.2, 0.25) is 0 Å². The lowest BCUT2D eigenvalue weighted by Crippen LogP contribution is -2.17. The summed E-state index contributed by atoms with van der Waals surface area (Å²) in [6, 6.07) is 15.9. The molecule has 102 valence electrons. The summed E-state index contributed by atoms with van der Waals surface area (Å²) in [5, 5.41) is 0. The van der Waals surface area contributed by atoms with Gasteiger partial charge >= 0.3 is 0 Å². The predicted octanol–water partition coefficient (Wildman–Crippen LogP) is 4.13. The highest BCUT2D eigenvalue weighted by molar-refractivity contribution is 5.96. The molecular formula is C18H18O2. The van der Waals surface area contributed by atoms with E-state index in [2.05, 4.69) is 6.07 Å². The van der Waals surface area contributed by atoms with Gasteiger partial charge in [-0.1, -0.05) is 48.0 Å². The van der Waals surface area contributed by atoms with Gasteiger partial charge in [-0.2, -0.15) is 0 Å². The number of para-hydroxylation sites is 1. The molecule has 0 saturated heterocycles. The number of hydrogen-bond acceptors (Lipinski definition) is 2. The van der Waals surface area contributed by atoms with Gasteiger partial charge in [-0.15, -0.1) is 0 Å². The third-order valence-corrected chi connectivity index (χ3v) is 3.89. The Hall–Kier alpha value is -2.09. The second kappa shape index (κ2) is 5.49. The van der Waals surface area contributed by atoms with E-state index in [0.717, 1.165) is 17.7 Å². The van der Waals surface area contributed by atoms with Gasteiger partial charge in [-0.3, -0.25) is 4.79 Å². The molecule has 3 rings (SSSR count).